The van der Waals surface area contributed by atoms with Crippen LogP contribution >= 0.6 is 0 Å². The Hall–Kier alpha value is -2.64. The summed E-state index contributed by atoms with van der Waals surface area (Å²) in [5.74, 6) is 0.814. The van der Waals surface area contributed by atoms with Gasteiger partial charge in [0.05, 0.1) is 12.3 Å². The summed E-state index contributed by atoms with van der Waals surface area (Å²) in [6.07, 6.45) is 4.47. The summed E-state index contributed by atoms with van der Waals surface area (Å²) in [5, 5.41) is 26.6. The second kappa shape index (κ2) is 7.77. The molecule has 1 aromatic carbocycles. The lowest BCUT2D eigenvalue weighted by molar-refractivity contribution is 0.101. The predicted molar refractivity (Wildman–Crippen MR) is 106 cm³/mol. The maximum Gasteiger partial charge on any atom is 0.203 e. The first-order valence-electron chi connectivity index (χ1n) is 9.83. The Morgan fingerprint density at radius 3 is 2.68 bits per heavy atom. The van der Waals surface area contributed by atoms with Crippen LogP contribution in [0.5, 0.6) is 5.75 Å². The van der Waals surface area contributed by atoms with E-state index in [1.165, 1.54) is 4.57 Å². The number of benzene rings is 1. The highest BCUT2D eigenvalue weighted by Gasteiger charge is 2.26. The summed E-state index contributed by atoms with van der Waals surface area (Å²) >= 11 is 0. The number of aliphatic hydroxyl groups is 1. The Balaban J connectivity index is 1.57. The molecule has 2 aromatic rings. The molecule has 1 aliphatic heterocycles. The molecule has 1 aliphatic carbocycles. The highest BCUT2D eigenvalue weighted by Crippen LogP contribution is 2.37. The number of hydrogen-bond donors (Lipinski definition) is 4. The minimum Gasteiger partial charge on any atom is -0.484 e. The van der Waals surface area contributed by atoms with Gasteiger partial charge in [0.25, 0.3) is 0 Å². The average Bonchev–Trinajstić information content (AvgIpc) is 2.71. The molecule has 0 unspecified atom stereocenters. The third kappa shape index (κ3) is 3.68. The number of fused-ring (bicyclic) bond motifs is 1. The zero-order chi connectivity index (χ0) is 19.7. The summed E-state index contributed by atoms with van der Waals surface area (Å²) in [4.78, 5) is 1.81. The molecule has 7 nitrogen and oxygen atoms in total. The van der Waals surface area contributed by atoms with Crippen LogP contribution in [0.4, 0.5) is 0 Å². The van der Waals surface area contributed by atoms with Gasteiger partial charge in [-0.1, -0.05) is 24.3 Å². The van der Waals surface area contributed by atoms with Crippen LogP contribution in [-0.4, -0.2) is 39.7 Å². The molecular formula is C21H27N5O2. The van der Waals surface area contributed by atoms with Crippen molar-refractivity contribution in [3.8, 4) is 5.75 Å². The monoisotopic (exact) mass is 381 g/mol. The van der Waals surface area contributed by atoms with Crippen molar-refractivity contribution in [2.24, 2.45) is 5.73 Å². The lowest BCUT2D eigenvalue weighted by Crippen LogP contribution is -2.47. The fourth-order valence-electron chi connectivity index (χ4n) is 4.10. The average molecular weight is 381 g/mol. The van der Waals surface area contributed by atoms with E-state index in [0.29, 0.717) is 18.8 Å². The van der Waals surface area contributed by atoms with Gasteiger partial charge < -0.3 is 20.5 Å². The number of aliphatic hydroxyl groups excluding tert-OH is 1. The van der Waals surface area contributed by atoms with Crippen molar-refractivity contribution in [3.05, 3.63) is 59.2 Å². The van der Waals surface area contributed by atoms with E-state index in [1.807, 2.05) is 17.0 Å². The van der Waals surface area contributed by atoms with E-state index >= 15 is 0 Å². The van der Waals surface area contributed by atoms with E-state index in [4.69, 9.17) is 21.3 Å². The molecule has 0 spiro atoms. The molecule has 148 valence electrons. The molecule has 5 N–H and O–H groups in total. The number of β-amino-alcohol motifs (C(OH)–C–C–N with tert-alkyl or cyclic N) is 1. The lowest BCUT2D eigenvalue weighted by atomic mass is 9.86. The molecular weight excluding hydrogens is 354 g/mol. The zero-order valence-corrected chi connectivity index (χ0v) is 15.8. The van der Waals surface area contributed by atoms with Gasteiger partial charge in [0.15, 0.2) is 0 Å². The molecule has 1 fully saturated rings. The molecule has 0 bridgehead atoms. The molecule has 1 saturated heterocycles. The molecule has 2 aliphatic rings. The van der Waals surface area contributed by atoms with Crippen LogP contribution in [0.2, 0.25) is 0 Å². The molecule has 7 heteroatoms. The number of ether oxygens (including phenoxy) is 1. The maximum atomic E-state index is 9.90. The first-order valence-corrected chi connectivity index (χ1v) is 9.83. The fourth-order valence-corrected chi connectivity index (χ4v) is 4.10. The third-order valence-corrected chi connectivity index (χ3v) is 5.61. The number of aromatic nitrogens is 1. The Kier molecular flexibility index (Phi) is 5.19. The van der Waals surface area contributed by atoms with Crippen molar-refractivity contribution in [1.29, 1.82) is 10.8 Å². The van der Waals surface area contributed by atoms with E-state index in [2.05, 4.69) is 12.1 Å². The highest BCUT2D eigenvalue weighted by molar-refractivity contribution is 5.79. The van der Waals surface area contributed by atoms with Crippen molar-refractivity contribution in [3.63, 3.8) is 0 Å². The van der Waals surface area contributed by atoms with Gasteiger partial charge in [0.2, 0.25) is 5.96 Å². The Bertz CT molecular complexity index is 925. The number of piperidine rings is 1. The van der Waals surface area contributed by atoms with Gasteiger partial charge in [-0.3, -0.25) is 15.4 Å². The number of pyridine rings is 1. The first-order chi connectivity index (χ1) is 13.5. The molecule has 28 heavy (non-hydrogen) atoms. The lowest BCUT2D eigenvalue weighted by Gasteiger charge is -2.33. The number of nitrogens with zero attached hydrogens (tertiary/aromatic N) is 2. The number of likely N-dealkylation sites (tertiary alicyclic amines) is 1. The quantitative estimate of drug-likeness (QED) is 0.472. The standard InChI is InChI=1S/C21H27N5O2/c22-18-8-9-19(17-6-2-1-5-16(17)18)28-15-7-10-20(23)26(13-15)21(24)25-11-3-4-14(27)12-25/h1-2,5-7,10,13-14,18-19,23-24,27H,3-4,8-9,11-12,22H2/t14-,18+,19-/m1/s1. The van der Waals surface area contributed by atoms with Gasteiger partial charge in [-0.25, -0.2) is 0 Å². The van der Waals surface area contributed by atoms with Crippen LogP contribution in [0.15, 0.2) is 42.6 Å². The van der Waals surface area contributed by atoms with Crippen molar-refractivity contribution in [1.82, 2.24) is 9.47 Å². The largest absolute Gasteiger partial charge is 0.484 e. The molecule has 1 aromatic heterocycles. The smallest absolute Gasteiger partial charge is 0.203 e. The van der Waals surface area contributed by atoms with Crippen LogP contribution in [-0.2, 0) is 0 Å². The molecule has 3 atom stereocenters. The van der Waals surface area contributed by atoms with Gasteiger partial charge in [-0.15, -0.1) is 0 Å². The number of nitrogens with one attached hydrogen (secondary N) is 2. The van der Waals surface area contributed by atoms with Crippen LogP contribution in [0.3, 0.4) is 0 Å². The zero-order valence-electron chi connectivity index (χ0n) is 15.8. The van der Waals surface area contributed by atoms with Crippen molar-refractivity contribution in [2.75, 3.05) is 13.1 Å². The molecule has 0 radical (unpaired) electrons. The van der Waals surface area contributed by atoms with Gasteiger partial charge in [-0.2, -0.15) is 0 Å². The molecule has 0 amide bonds. The Morgan fingerprint density at radius 1 is 1.11 bits per heavy atom. The van der Waals surface area contributed by atoms with Gasteiger partial charge >= 0.3 is 0 Å². The van der Waals surface area contributed by atoms with E-state index in [-0.39, 0.29) is 23.6 Å². The van der Waals surface area contributed by atoms with Crippen molar-refractivity contribution < 1.29 is 9.84 Å². The normalized spacial score (nSPS) is 24.5. The topological polar surface area (TPSA) is 111 Å². The van der Waals surface area contributed by atoms with Crippen LogP contribution < -0.4 is 16.0 Å². The number of hydrogen-bond acceptors (Lipinski definition) is 5. The molecule has 0 saturated carbocycles. The summed E-state index contributed by atoms with van der Waals surface area (Å²) in [7, 11) is 0. The van der Waals surface area contributed by atoms with Crippen molar-refractivity contribution >= 4 is 5.96 Å². The van der Waals surface area contributed by atoms with Crippen LogP contribution in [0.25, 0.3) is 0 Å². The first kappa shape index (κ1) is 18.7. The molecule has 4 rings (SSSR count). The van der Waals surface area contributed by atoms with Crippen molar-refractivity contribution in [2.45, 2.75) is 43.9 Å². The van der Waals surface area contributed by atoms with Crippen LogP contribution in [0.1, 0.15) is 49.0 Å². The minimum atomic E-state index is -0.425. The number of nitrogens with two attached hydrogens (primary N) is 1. The van der Waals surface area contributed by atoms with E-state index < -0.39 is 6.10 Å². The summed E-state index contributed by atoms with van der Waals surface area (Å²) < 4.78 is 7.77. The third-order valence-electron chi connectivity index (χ3n) is 5.61. The minimum absolute atomic E-state index is 0.0373. The summed E-state index contributed by atoms with van der Waals surface area (Å²) in [6.45, 7) is 1.13. The summed E-state index contributed by atoms with van der Waals surface area (Å²) in [5.41, 5.74) is 8.68. The van der Waals surface area contributed by atoms with Gasteiger partial charge in [-0.05, 0) is 48.9 Å². The van der Waals surface area contributed by atoms with Gasteiger partial charge in [0.1, 0.15) is 17.3 Å². The number of rotatable bonds is 2. The summed E-state index contributed by atoms with van der Waals surface area (Å²) in [6, 6.07) is 11.6. The second-order valence-corrected chi connectivity index (χ2v) is 7.60. The van der Waals surface area contributed by atoms with E-state index in [9.17, 15) is 5.11 Å². The Morgan fingerprint density at radius 2 is 1.89 bits per heavy atom. The van der Waals surface area contributed by atoms with Crippen LogP contribution in [0, 0.1) is 10.8 Å². The predicted octanol–water partition coefficient (Wildman–Crippen LogP) is 2.12. The molecule has 2 heterocycles. The maximum absolute atomic E-state index is 9.90. The SMILES string of the molecule is N=C(N1CCC[C@@H](O)C1)n1cc(O[C@@H]2CC[C@H](N)c3ccccc32)ccc1=N. The van der Waals surface area contributed by atoms with E-state index in [1.54, 1.807) is 18.3 Å². The second-order valence-electron chi connectivity index (χ2n) is 7.60. The highest BCUT2D eigenvalue weighted by atomic mass is 16.5. The fraction of sp³-hybridized carbons (Fsp3) is 0.429. The van der Waals surface area contributed by atoms with Gasteiger partial charge in [0, 0.05) is 19.1 Å². The van der Waals surface area contributed by atoms with E-state index in [0.717, 1.165) is 36.8 Å². The Labute approximate surface area is 164 Å².